The standard InChI is InChI=1S/C27H30F2O3/c1-3-4-17-5-6-19-14-20(8-7-18(19)13-17)23-11-9-21(15-24(23)28)27(30)32-26-12-10-22(31-2)16-25(26)29/h3-4,9-12,15-20H,5-8,13-14H2,1-2H3/b4-3+. The Morgan fingerprint density at radius 1 is 0.969 bits per heavy atom. The van der Waals surface area contributed by atoms with Crippen LogP contribution in [0.1, 0.15) is 67.3 Å². The number of benzene rings is 2. The molecule has 3 nitrogen and oxygen atoms in total. The molecular weight excluding hydrogens is 410 g/mol. The molecular formula is C27H30F2O3. The molecule has 4 atom stereocenters. The number of methoxy groups -OCH3 is 1. The molecule has 0 radical (unpaired) electrons. The fraction of sp³-hybridized carbons (Fsp3) is 0.444. The molecule has 5 heteroatoms. The van der Waals surface area contributed by atoms with Crippen molar-refractivity contribution in [3.63, 3.8) is 0 Å². The summed E-state index contributed by atoms with van der Waals surface area (Å²) in [5.74, 6) is 0.473. The molecule has 0 spiro atoms. The van der Waals surface area contributed by atoms with E-state index in [4.69, 9.17) is 9.47 Å². The predicted molar refractivity (Wildman–Crippen MR) is 120 cm³/mol. The fourth-order valence-corrected chi connectivity index (χ4v) is 5.49. The van der Waals surface area contributed by atoms with Crippen LogP contribution in [-0.2, 0) is 0 Å². The average molecular weight is 441 g/mol. The molecule has 0 N–H and O–H groups in total. The summed E-state index contributed by atoms with van der Waals surface area (Å²) >= 11 is 0. The summed E-state index contributed by atoms with van der Waals surface area (Å²) < 4.78 is 39.1. The lowest BCUT2D eigenvalue weighted by Gasteiger charge is -2.41. The molecule has 170 valence electrons. The van der Waals surface area contributed by atoms with Crippen molar-refractivity contribution in [2.24, 2.45) is 17.8 Å². The topological polar surface area (TPSA) is 35.5 Å². The number of halogens is 2. The maximum Gasteiger partial charge on any atom is 0.343 e. The van der Waals surface area contributed by atoms with Gasteiger partial charge >= 0.3 is 5.97 Å². The van der Waals surface area contributed by atoms with Crippen LogP contribution < -0.4 is 9.47 Å². The van der Waals surface area contributed by atoms with Gasteiger partial charge in [0.1, 0.15) is 11.6 Å². The Labute approximate surface area is 188 Å². The third-order valence-electron chi connectivity index (χ3n) is 7.14. The van der Waals surface area contributed by atoms with E-state index in [1.54, 1.807) is 12.1 Å². The Bertz CT molecular complexity index is 1000. The van der Waals surface area contributed by atoms with E-state index in [0.29, 0.717) is 23.1 Å². The van der Waals surface area contributed by atoms with Gasteiger partial charge in [-0.15, -0.1) is 0 Å². The monoisotopic (exact) mass is 440 g/mol. The minimum absolute atomic E-state index is 0.0713. The normalized spacial score (nSPS) is 25.4. The van der Waals surface area contributed by atoms with Crippen molar-refractivity contribution in [3.8, 4) is 11.5 Å². The molecule has 2 aliphatic rings. The summed E-state index contributed by atoms with van der Waals surface area (Å²) in [5.41, 5.74) is 0.744. The molecule has 32 heavy (non-hydrogen) atoms. The van der Waals surface area contributed by atoms with Crippen molar-refractivity contribution >= 4 is 5.97 Å². The lowest BCUT2D eigenvalue weighted by Crippen LogP contribution is -2.30. The van der Waals surface area contributed by atoms with Crippen LogP contribution in [0, 0.1) is 29.4 Å². The molecule has 2 aliphatic carbocycles. The van der Waals surface area contributed by atoms with E-state index in [-0.39, 0.29) is 23.0 Å². The summed E-state index contributed by atoms with van der Waals surface area (Å²) in [6.07, 6.45) is 11.3. The van der Waals surface area contributed by atoms with Gasteiger partial charge in [-0.3, -0.25) is 0 Å². The minimum atomic E-state index is -0.787. The van der Waals surface area contributed by atoms with Crippen LogP contribution in [0.15, 0.2) is 48.6 Å². The number of hydrogen-bond acceptors (Lipinski definition) is 3. The lowest BCUT2D eigenvalue weighted by molar-refractivity contribution is 0.0727. The highest BCUT2D eigenvalue weighted by Crippen LogP contribution is 2.48. The van der Waals surface area contributed by atoms with Crippen molar-refractivity contribution in [2.75, 3.05) is 7.11 Å². The number of allylic oxidation sites excluding steroid dienone is 2. The third-order valence-corrected chi connectivity index (χ3v) is 7.14. The average Bonchev–Trinajstić information content (AvgIpc) is 2.80. The fourth-order valence-electron chi connectivity index (χ4n) is 5.49. The van der Waals surface area contributed by atoms with Gasteiger partial charge in [0.05, 0.1) is 12.7 Å². The van der Waals surface area contributed by atoms with Crippen LogP contribution in [0.5, 0.6) is 11.5 Å². The number of fused-ring (bicyclic) bond motifs is 1. The Hall–Kier alpha value is -2.69. The van der Waals surface area contributed by atoms with Gasteiger partial charge in [0.2, 0.25) is 0 Å². The Morgan fingerprint density at radius 2 is 1.75 bits per heavy atom. The number of carbonyl (C=O) groups excluding carboxylic acids is 1. The lowest BCUT2D eigenvalue weighted by atomic mass is 9.64. The van der Waals surface area contributed by atoms with E-state index in [9.17, 15) is 13.6 Å². The largest absolute Gasteiger partial charge is 0.497 e. The smallest absolute Gasteiger partial charge is 0.343 e. The number of hydrogen-bond donors (Lipinski definition) is 0. The zero-order chi connectivity index (χ0) is 22.7. The molecule has 4 rings (SSSR count). The van der Waals surface area contributed by atoms with Crippen molar-refractivity contribution in [1.82, 2.24) is 0 Å². The van der Waals surface area contributed by atoms with Gasteiger partial charge in [0.25, 0.3) is 0 Å². The summed E-state index contributed by atoms with van der Waals surface area (Å²) in [6, 6.07) is 8.45. The van der Waals surface area contributed by atoms with E-state index in [2.05, 4.69) is 19.1 Å². The van der Waals surface area contributed by atoms with Crippen LogP contribution in [0.4, 0.5) is 8.78 Å². The van der Waals surface area contributed by atoms with Gasteiger partial charge in [-0.2, -0.15) is 0 Å². The summed E-state index contributed by atoms with van der Waals surface area (Å²) in [6.45, 7) is 2.08. The Kier molecular flexibility index (Phi) is 6.92. The molecule has 2 aromatic rings. The van der Waals surface area contributed by atoms with Gasteiger partial charge in [-0.25, -0.2) is 13.6 Å². The highest BCUT2D eigenvalue weighted by molar-refractivity contribution is 5.91. The highest BCUT2D eigenvalue weighted by atomic mass is 19.1. The van der Waals surface area contributed by atoms with Gasteiger partial charge < -0.3 is 9.47 Å². The molecule has 0 amide bonds. The van der Waals surface area contributed by atoms with Crippen molar-refractivity contribution in [3.05, 3.63) is 71.3 Å². The zero-order valence-corrected chi connectivity index (χ0v) is 18.7. The summed E-state index contributed by atoms with van der Waals surface area (Å²) in [5, 5.41) is 0. The maximum atomic E-state index is 15.0. The van der Waals surface area contributed by atoms with E-state index in [0.717, 1.165) is 31.2 Å². The van der Waals surface area contributed by atoms with Crippen molar-refractivity contribution < 1.29 is 23.0 Å². The first-order valence-electron chi connectivity index (χ1n) is 11.5. The van der Waals surface area contributed by atoms with E-state index < -0.39 is 11.8 Å². The minimum Gasteiger partial charge on any atom is -0.497 e. The SMILES string of the molecule is C/C=C/C1CCC2CC(c3ccc(C(=O)Oc4ccc(OC)cc4F)cc3F)CCC2C1. The molecule has 2 fully saturated rings. The second-order valence-electron chi connectivity index (χ2n) is 9.05. The molecule has 4 unspecified atom stereocenters. The number of carbonyl (C=O) groups is 1. The van der Waals surface area contributed by atoms with E-state index >= 15 is 0 Å². The van der Waals surface area contributed by atoms with Crippen LogP contribution in [-0.4, -0.2) is 13.1 Å². The van der Waals surface area contributed by atoms with Crippen LogP contribution in [0.3, 0.4) is 0 Å². The quantitative estimate of drug-likeness (QED) is 0.283. The molecule has 0 aliphatic heterocycles. The first-order chi connectivity index (χ1) is 15.5. The molecule has 0 aromatic heterocycles. The number of rotatable bonds is 5. The van der Waals surface area contributed by atoms with E-state index in [1.165, 1.54) is 44.6 Å². The summed E-state index contributed by atoms with van der Waals surface area (Å²) in [4.78, 5) is 12.4. The Morgan fingerprint density at radius 3 is 2.47 bits per heavy atom. The van der Waals surface area contributed by atoms with Crippen LogP contribution in [0.2, 0.25) is 0 Å². The zero-order valence-electron chi connectivity index (χ0n) is 18.7. The van der Waals surface area contributed by atoms with Gasteiger partial charge in [0.15, 0.2) is 11.6 Å². The summed E-state index contributed by atoms with van der Waals surface area (Å²) in [7, 11) is 1.42. The molecule has 0 heterocycles. The number of esters is 1. The molecule has 2 saturated carbocycles. The Balaban J connectivity index is 1.42. The van der Waals surface area contributed by atoms with Crippen molar-refractivity contribution in [2.45, 2.75) is 51.4 Å². The first kappa shape index (κ1) is 22.5. The predicted octanol–water partition coefficient (Wildman–Crippen LogP) is 7.07. The van der Waals surface area contributed by atoms with Gasteiger partial charge in [-0.1, -0.05) is 18.2 Å². The van der Waals surface area contributed by atoms with Gasteiger partial charge in [0, 0.05) is 6.07 Å². The van der Waals surface area contributed by atoms with E-state index in [1.807, 2.05) is 0 Å². The van der Waals surface area contributed by atoms with Gasteiger partial charge in [-0.05, 0) is 98.9 Å². The molecule has 0 bridgehead atoms. The first-order valence-corrected chi connectivity index (χ1v) is 11.5. The second-order valence-corrected chi connectivity index (χ2v) is 9.05. The van der Waals surface area contributed by atoms with Crippen LogP contribution >= 0.6 is 0 Å². The van der Waals surface area contributed by atoms with Crippen LogP contribution in [0.25, 0.3) is 0 Å². The maximum absolute atomic E-state index is 15.0. The molecule has 2 aromatic carbocycles. The third kappa shape index (κ3) is 4.87. The second kappa shape index (κ2) is 9.85. The number of ether oxygens (including phenoxy) is 2. The highest BCUT2D eigenvalue weighted by Gasteiger charge is 2.36. The molecule has 0 saturated heterocycles. The van der Waals surface area contributed by atoms with Crippen molar-refractivity contribution in [1.29, 1.82) is 0 Å².